The number of thiocarbonyl (C=S) groups is 1. The SMILES string of the molecule is [B][C@@H]1O[C@@]2(CC)CN(C(=N)SC)[C@@H]1[C@@H]2O.[B][C@@H]1O[C@@]2(CC)CN(C(=NC(C)=O)SC)[C@@H]1[C@@H]2C.[B][C@@H]1O[C@@]2(CC)CN(C(N)=S)[C@@H]1[C@@H]2O.[B][C@@H]1O[C@@]2(CC)CN(c3nc(C)n(C)n3)[C@@H]1[C@@H]2O.[B][C@@H]1O[C@@]2(CC)CN[C@@H]1[C@@H]2O. The molecule has 10 aliphatic heterocycles. The zero-order valence-corrected chi connectivity index (χ0v) is 48.2. The van der Waals surface area contributed by atoms with Gasteiger partial charge in [0.05, 0.1) is 55.4 Å². The molecule has 10 bridgehead atoms. The highest BCUT2D eigenvalue weighted by Crippen LogP contribution is 2.49. The first-order valence-corrected chi connectivity index (χ1v) is 29.2. The number of likely N-dealkylation sites (tertiary alicyclic amines) is 3. The van der Waals surface area contributed by atoms with Gasteiger partial charge in [-0.1, -0.05) is 65.1 Å². The van der Waals surface area contributed by atoms with E-state index < -0.39 is 64.8 Å². The Morgan fingerprint density at radius 1 is 0.724 bits per heavy atom. The number of nitrogens with zero attached hydrogens (tertiary/aromatic N) is 8. The van der Waals surface area contributed by atoms with Gasteiger partial charge < -0.3 is 74.8 Å². The molecule has 11 rings (SSSR count). The zero-order chi connectivity index (χ0) is 56.4. The van der Waals surface area contributed by atoms with Crippen LogP contribution in [0.2, 0.25) is 0 Å². The summed E-state index contributed by atoms with van der Waals surface area (Å²) in [5, 5.41) is 56.9. The van der Waals surface area contributed by atoms with Crippen LogP contribution in [-0.4, -0.2) is 268 Å². The second kappa shape index (κ2) is 23.4. The van der Waals surface area contributed by atoms with Gasteiger partial charge in [0.25, 0.3) is 0 Å². The van der Waals surface area contributed by atoms with E-state index in [2.05, 4.69) is 39.1 Å². The molecule has 0 unspecified atom stereocenters. The molecule has 8 N–H and O–H groups in total. The third-order valence-electron chi connectivity index (χ3n) is 17.8. The van der Waals surface area contributed by atoms with Gasteiger partial charge in [0, 0.05) is 63.0 Å². The highest BCUT2D eigenvalue weighted by atomic mass is 32.2. The first-order chi connectivity index (χ1) is 35.7. The second-order valence-corrected chi connectivity index (χ2v) is 23.5. The maximum absolute atomic E-state index is 11.2. The van der Waals surface area contributed by atoms with E-state index in [9.17, 15) is 25.2 Å². The smallest absolute Gasteiger partial charge is 0.245 e. The number of hydrogen-bond donors (Lipinski definition) is 7. The molecular weight excluding hydrogens is 1030 g/mol. The molecule has 0 aliphatic carbocycles. The molecule has 21 nitrogen and oxygen atoms in total. The monoisotopic (exact) mass is 1110 g/mol. The van der Waals surface area contributed by atoms with Crippen molar-refractivity contribution in [2.45, 2.75) is 200 Å². The van der Waals surface area contributed by atoms with E-state index in [1.54, 1.807) is 9.58 Å². The van der Waals surface area contributed by atoms with Crippen LogP contribution < -0.4 is 16.0 Å². The Bertz CT molecular complexity index is 2300. The first kappa shape index (κ1) is 61.5. The van der Waals surface area contributed by atoms with Gasteiger partial charge in [-0.05, 0) is 63.8 Å². The van der Waals surface area contributed by atoms with Crippen molar-refractivity contribution in [1.82, 2.24) is 34.8 Å². The maximum atomic E-state index is 11.2. The Kier molecular flexibility index (Phi) is 18.9. The van der Waals surface area contributed by atoms with Gasteiger partial charge in [0.1, 0.15) is 91.9 Å². The number of nitrogens with one attached hydrogen (secondary N) is 2. The summed E-state index contributed by atoms with van der Waals surface area (Å²) < 4.78 is 30.0. The molecule has 0 saturated carbocycles. The molecule has 76 heavy (non-hydrogen) atoms. The number of carbonyl (C=O) groups excluding carboxylic acids is 1. The van der Waals surface area contributed by atoms with Crippen LogP contribution in [0.15, 0.2) is 4.99 Å². The summed E-state index contributed by atoms with van der Waals surface area (Å²) in [6.45, 7) is 18.8. The quantitative estimate of drug-likeness (QED) is 0.0743. The van der Waals surface area contributed by atoms with E-state index in [1.165, 1.54) is 30.4 Å². The molecule has 10 fully saturated rings. The number of aliphatic hydroxyl groups excluding tert-OH is 4. The van der Waals surface area contributed by atoms with E-state index in [0.717, 1.165) is 49.8 Å². The molecule has 10 radical (unpaired) electrons. The molecule has 20 atom stereocenters. The number of nitrogens with two attached hydrogens (primary N) is 1. The number of aliphatic imine (C=N–C) groups is 1. The Hall–Kier alpha value is -2.14. The summed E-state index contributed by atoms with van der Waals surface area (Å²) in [5.41, 5.74) is 3.26. The third-order valence-corrected chi connectivity index (χ3v) is 19.4. The average molecular weight is 1110 g/mol. The number of fused-ring (bicyclic) bond motifs is 10. The molecule has 1 aromatic rings. The van der Waals surface area contributed by atoms with Crippen molar-refractivity contribution in [2.24, 2.45) is 23.7 Å². The van der Waals surface area contributed by atoms with Gasteiger partial charge in [-0.15, -0.1) is 5.10 Å². The van der Waals surface area contributed by atoms with Crippen molar-refractivity contribution in [3.05, 3.63) is 5.82 Å². The lowest BCUT2D eigenvalue weighted by molar-refractivity contribution is -0.115. The van der Waals surface area contributed by atoms with Crippen LogP contribution in [-0.2, 0) is 35.5 Å². The molecule has 0 spiro atoms. The topological polar surface area (TPSA) is 262 Å². The lowest BCUT2D eigenvalue weighted by Crippen LogP contribution is -2.51. The van der Waals surface area contributed by atoms with Gasteiger partial charge in [0.2, 0.25) is 11.9 Å². The zero-order valence-electron chi connectivity index (χ0n) is 45.7. The van der Waals surface area contributed by atoms with Crippen molar-refractivity contribution in [3.63, 3.8) is 0 Å². The lowest BCUT2D eigenvalue weighted by atomic mass is 9.84. The minimum absolute atomic E-state index is 0.0602. The molecule has 10 aliphatic rings. The van der Waals surface area contributed by atoms with Crippen LogP contribution >= 0.6 is 35.7 Å². The number of carbonyl (C=O) groups is 1. The summed E-state index contributed by atoms with van der Waals surface area (Å²) in [5.74, 6) is 1.65. The number of amides is 1. The Balaban J connectivity index is 0.000000140. The Labute approximate surface area is 468 Å². The van der Waals surface area contributed by atoms with E-state index >= 15 is 0 Å². The number of aryl methyl sites for hydroxylation is 2. The summed E-state index contributed by atoms with van der Waals surface area (Å²) in [6, 6.07) is -2.84. The molecule has 0 aromatic carbocycles. The third kappa shape index (κ3) is 10.4. The fourth-order valence-corrected chi connectivity index (χ4v) is 14.2. The van der Waals surface area contributed by atoms with Crippen LogP contribution in [0.5, 0.6) is 0 Å². The normalized spacial score (nSPS) is 43.6. The minimum atomic E-state index is -0.594. The highest BCUT2D eigenvalue weighted by molar-refractivity contribution is 8.13. The van der Waals surface area contributed by atoms with Crippen molar-refractivity contribution >= 4 is 102 Å². The molecule has 412 valence electrons. The number of hydrogen-bond acceptors (Lipinski definition) is 18. The average Bonchev–Trinajstić information content (AvgIpc) is 4.31. The summed E-state index contributed by atoms with van der Waals surface area (Å²) >= 11 is 7.76. The van der Waals surface area contributed by atoms with E-state index in [-0.39, 0.29) is 58.8 Å². The molecule has 10 saturated heterocycles. The summed E-state index contributed by atoms with van der Waals surface area (Å²) in [7, 11) is 31.1. The van der Waals surface area contributed by atoms with E-state index in [0.29, 0.717) is 43.1 Å². The van der Waals surface area contributed by atoms with Crippen LogP contribution in [0.3, 0.4) is 0 Å². The van der Waals surface area contributed by atoms with Crippen molar-refractivity contribution < 1.29 is 48.9 Å². The van der Waals surface area contributed by atoms with Crippen LogP contribution in [0.1, 0.15) is 86.4 Å². The minimum Gasteiger partial charge on any atom is -0.388 e. The number of amidine groups is 2. The Morgan fingerprint density at radius 3 is 1.54 bits per heavy atom. The number of aromatic nitrogens is 3. The largest absolute Gasteiger partial charge is 0.388 e. The number of morpholine rings is 5. The molecular formula is C47H76B5N11O10S3. The predicted octanol–water partition coefficient (Wildman–Crippen LogP) is -1.46. The van der Waals surface area contributed by atoms with Crippen LogP contribution in [0.25, 0.3) is 0 Å². The number of thioether (sulfide) groups is 2. The summed E-state index contributed by atoms with van der Waals surface area (Å²) in [6.07, 6.45) is 5.49. The van der Waals surface area contributed by atoms with Crippen LogP contribution in [0, 0.1) is 18.3 Å². The van der Waals surface area contributed by atoms with E-state index in [4.69, 9.17) is 86.3 Å². The number of aliphatic hydroxyl groups is 4. The van der Waals surface area contributed by atoms with Gasteiger partial charge in [-0.25, -0.2) is 0 Å². The van der Waals surface area contributed by atoms with Crippen molar-refractivity contribution in [2.75, 3.05) is 50.1 Å². The Morgan fingerprint density at radius 2 is 1.17 bits per heavy atom. The standard InChI is InChI=1S/C12H19BN2O2S.C11H17BN4O2.C9H15BN2O2S.C8H13BN2O2S.C7H12BNO2/c1-5-12-6-15(11(18-4)14-8(3)16)9(7(12)2)10(13)17-12;1-4-11-5-16(7(8(11)17)9(12)18-11)10-13-6(2)15(3)14-10;1-3-9-4-12(8(11)15-2)5(6(9)13)7(10)14-9;1-2-8-3-11(7(10)14)4(5(8)12)6(9)13-8;1-2-7-3-9-4(5(7)10)6(8)11-7/h7,9-10H,5-6H2,1-4H3;7-9,17H,4-5H2,1-3H3;5-7,11,13H,3-4H2,1-2H3;4-6,12H,2-3H2,1H3,(H2,10,14);4-6,9-10H,2-3H2,1H3/t7-,9+,10+,12-;7-,8+,9-,11+;5-,6+,7-,9+;4-,5+,6-,8+;4-,5+,6-,7+/m01111/s1. The highest BCUT2D eigenvalue weighted by Gasteiger charge is 2.64. The number of rotatable bonds is 6. The molecule has 11 heterocycles. The lowest BCUT2D eigenvalue weighted by Gasteiger charge is -2.37. The van der Waals surface area contributed by atoms with Crippen molar-refractivity contribution in [3.8, 4) is 0 Å². The van der Waals surface area contributed by atoms with Gasteiger partial charge in [-0.3, -0.25) is 14.9 Å². The van der Waals surface area contributed by atoms with Crippen molar-refractivity contribution in [1.29, 1.82) is 5.41 Å². The maximum Gasteiger partial charge on any atom is 0.245 e. The van der Waals surface area contributed by atoms with Gasteiger partial charge in [-0.2, -0.15) is 9.98 Å². The number of ether oxygens (including phenoxy) is 5. The predicted molar refractivity (Wildman–Crippen MR) is 301 cm³/mol. The van der Waals surface area contributed by atoms with Crippen LogP contribution in [0.4, 0.5) is 5.95 Å². The fourth-order valence-electron chi connectivity index (χ4n) is 13.0. The molecule has 1 aromatic heterocycles. The molecule has 29 heteroatoms. The summed E-state index contributed by atoms with van der Waals surface area (Å²) in [4.78, 5) is 27.4. The fraction of sp³-hybridized carbons (Fsp3) is 0.872. The van der Waals surface area contributed by atoms with Gasteiger partial charge in [0.15, 0.2) is 15.4 Å². The van der Waals surface area contributed by atoms with E-state index in [1.807, 2.05) is 64.0 Å². The van der Waals surface area contributed by atoms with Gasteiger partial charge >= 0.3 is 0 Å². The number of anilines is 1. The molecule has 1 amide bonds. The first-order valence-electron chi connectivity index (χ1n) is 26.3. The second-order valence-electron chi connectivity index (χ2n) is 21.5.